The Morgan fingerprint density at radius 2 is 1.91 bits per heavy atom. The van der Waals surface area contributed by atoms with E-state index in [-0.39, 0.29) is 17.1 Å². The summed E-state index contributed by atoms with van der Waals surface area (Å²) in [5.74, 6) is -0.985. The van der Waals surface area contributed by atoms with E-state index in [2.05, 4.69) is 15.8 Å². The van der Waals surface area contributed by atoms with Gasteiger partial charge >= 0.3 is 5.69 Å². The molecule has 0 bridgehead atoms. The van der Waals surface area contributed by atoms with Crippen LogP contribution in [0.5, 0.6) is 5.75 Å². The van der Waals surface area contributed by atoms with Gasteiger partial charge in [-0.15, -0.1) is 11.3 Å². The number of amides is 2. The molecule has 32 heavy (non-hydrogen) atoms. The molecule has 10 heteroatoms. The number of thiophene rings is 1. The van der Waals surface area contributed by atoms with E-state index in [1.54, 1.807) is 42.5 Å². The first-order valence-corrected chi connectivity index (χ1v) is 10.1. The van der Waals surface area contributed by atoms with Crippen LogP contribution in [0.4, 0.5) is 5.69 Å². The smallest absolute Gasteiger partial charge is 0.311 e. The van der Waals surface area contributed by atoms with Crippen LogP contribution in [-0.2, 0) is 4.79 Å². The number of carbonyl (C=O) groups is 2. The summed E-state index contributed by atoms with van der Waals surface area (Å²) in [4.78, 5) is 36.5. The number of nitro groups is 1. The van der Waals surface area contributed by atoms with Crippen molar-refractivity contribution in [1.29, 1.82) is 0 Å². The normalized spacial score (nSPS) is 11.2. The number of nitro benzene ring substituents is 1. The number of methoxy groups -OCH3 is 1. The fourth-order valence-electron chi connectivity index (χ4n) is 2.61. The van der Waals surface area contributed by atoms with Crippen molar-refractivity contribution in [3.8, 4) is 5.75 Å². The van der Waals surface area contributed by atoms with Crippen LogP contribution in [0.25, 0.3) is 6.08 Å². The Morgan fingerprint density at radius 3 is 2.56 bits per heavy atom. The highest BCUT2D eigenvalue weighted by Gasteiger charge is 2.16. The van der Waals surface area contributed by atoms with Crippen molar-refractivity contribution in [3.63, 3.8) is 0 Å². The second kappa shape index (κ2) is 10.6. The summed E-state index contributed by atoms with van der Waals surface area (Å²) in [6, 6.07) is 16.4. The lowest BCUT2D eigenvalue weighted by Gasteiger charge is -2.08. The van der Waals surface area contributed by atoms with Crippen LogP contribution in [0.1, 0.15) is 20.8 Å². The van der Waals surface area contributed by atoms with Gasteiger partial charge in [0.15, 0.2) is 5.75 Å². The van der Waals surface area contributed by atoms with E-state index >= 15 is 0 Å². The largest absolute Gasteiger partial charge is 0.490 e. The van der Waals surface area contributed by atoms with Crippen molar-refractivity contribution in [3.05, 3.63) is 97.9 Å². The monoisotopic (exact) mass is 450 g/mol. The maximum Gasteiger partial charge on any atom is 0.311 e. The predicted molar refractivity (Wildman–Crippen MR) is 122 cm³/mol. The number of hydrazone groups is 1. The Balaban J connectivity index is 1.76. The molecule has 3 rings (SSSR count). The Hall–Kier alpha value is -4.31. The molecule has 0 saturated heterocycles. The van der Waals surface area contributed by atoms with Gasteiger partial charge in [0.2, 0.25) is 0 Å². The molecule has 3 aromatic rings. The first kappa shape index (κ1) is 22.4. The maximum absolute atomic E-state index is 12.7. The third-order valence-electron chi connectivity index (χ3n) is 4.14. The molecular weight excluding hydrogens is 432 g/mol. The fourth-order valence-corrected chi connectivity index (χ4v) is 3.27. The van der Waals surface area contributed by atoms with Crippen LogP contribution < -0.4 is 15.5 Å². The van der Waals surface area contributed by atoms with Gasteiger partial charge in [-0.05, 0) is 41.8 Å². The third-order valence-corrected chi connectivity index (χ3v) is 4.96. The second-order valence-electron chi connectivity index (χ2n) is 6.28. The summed E-state index contributed by atoms with van der Waals surface area (Å²) in [5.41, 5.74) is 2.88. The molecule has 0 saturated carbocycles. The van der Waals surface area contributed by atoms with Crippen molar-refractivity contribution in [2.24, 2.45) is 5.10 Å². The summed E-state index contributed by atoms with van der Waals surface area (Å²) in [5, 5.41) is 19.4. The Bertz CT molecular complexity index is 1170. The molecule has 0 atom stereocenters. The number of nitrogens with zero attached hydrogens (tertiary/aromatic N) is 2. The van der Waals surface area contributed by atoms with Gasteiger partial charge < -0.3 is 10.1 Å². The fraction of sp³-hybridized carbons (Fsp3) is 0.0455. The van der Waals surface area contributed by atoms with Crippen molar-refractivity contribution < 1.29 is 19.2 Å². The van der Waals surface area contributed by atoms with E-state index in [9.17, 15) is 19.7 Å². The first-order valence-electron chi connectivity index (χ1n) is 9.25. The van der Waals surface area contributed by atoms with Gasteiger partial charge in [-0.25, -0.2) is 5.43 Å². The molecule has 162 valence electrons. The zero-order valence-corrected chi connectivity index (χ0v) is 17.7. The Morgan fingerprint density at radius 1 is 1.12 bits per heavy atom. The van der Waals surface area contributed by atoms with Crippen LogP contribution in [0.15, 0.2) is 76.8 Å². The van der Waals surface area contributed by atoms with E-state index in [0.717, 1.165) is 4.88 Å². The molecule has 2 N–H and O–H groups in total. The zero-order chi connectivity index (χ0) is 22.9. The zero-order valence-electron chi connectivity index (χ0n) is 16.8. The van der Waals surface area contributed by atoms with Crippen molar-refractivity contribution in [1.82, 2.24) is 10.7 Å². The van der Waals surface area contributed by atoms with Gasteiger partial charge in [-0.2, -0.15) is 5.10 Å². The lowest BCUT2D eigenvalue weighted by Crippen LogP contribution is -2.32. The van der Waals surface area contributed by atoms with E-state index in [1.165, 1.54) is 42.9 Å². The average molecular weight is 450 g/mol. The standard InChI is InChI=1S/C22H18N4O5S/c1-31-20-10-9-15(12-19(20)26(29)30)14-23-25-22(28)18(13-17-8-5-11-32-17)24-21(27)16-6-3-2-4-7-16/h2-14H,1H3,(H,24,27)(H,25,28)/b18-13+,23-14+. The molecule has 9 nitrogen and oxygen atoms in total. The summed E-state index contributed by atoms with van der Waals surface area (Å²) in [6.07, 6.45) is 2.79. The maximum atomic E-state index is 12.7. The van der Waals surface area contributed by atoms with Gasteiger partial charge in [0, 0.05) is 22.1 Å². The molecular formula is C22H18N4O5S. The van der Waals surface area contributed by atoms with Gasteiger partial charge in [-0.1, -0.05) is 24.3 Å². The van der Waals surface area contributed by atoms with Gasteiger partial charge in [0.1, 0.15) is 5.70 Å². The highest BCUT2D eigenvalue weighted by Crippen LogP contribution is 2.26. The van der Waals surface area contributed by atoms with Crippen molar-refractivity contribution in [2.75, 3.05) is 7.11 Å². The molecule has 0 fully saturated rings. The molecule has 0 aliphatic carbocycles. The number of benzene rings is 2. The summed E-state index contributed by atoms with van der Waals surface area (Å²) in [6.45, 7) is 0. The van der Waals surface area contributed by atoms with Gasteiger partial charge in [0.25, 0.3) is 11.8 Å². The van der Waals surface area contributed by atoms with E-state index < -0.39 is 16.7 Å². The van der Waals surface area contributed by atoms with Crippen molar-refractivity contribution in [2.45, 2.75) is 0 Å². The van der Waals surface area contributed by atoms with E-state index in [0.29, 0.717) is 11.1 Å². The highest BCUT2D eigenvalue weighted by molar-refractivity contribution is 7.10. The third kappa shape index (κ3) is 5.86. The second-order valence-corrected chi connectivity index (χ2v) is 7.26. The van der Waals surface area contributed by atoms with Crippen molar-refractivity contribution >= 4 is 41.1 Å². The average Bonchev–Trinajstić information content (AvgIpc) is 3.32. The molecule has 1 aromatic heterocycles. The molecule has 2 amide bonds. The number of hydrogen-bond donors (Lipinski definition) is 2. The number of carbonyl (C=O) groups excluding carboxylic acids is 2. The van der Waals surface area contributed by atoms with Gasteiger partial charge in [-0.3, -0.25) is 19.7 Å². The summed E-state index contributed by atoms with van der Waals surface area (Å²) >= 11 is 1.40. The molecule has 0 aliphatic heterocycles. The number of ether oxygens (including phenoxy) is 1. The number of hydrogen-bond acceptors (Lipinski definition) is 7. The molecule has 0 spiro atoms. The molecule has 1 heterocycles. The minimum absolute atomic E-state index is 0.000774. The van der Waals surface area contributed by atoms with E-state index in [4.69, 9.17) is 4.74 Å². The topological polar surface area (TPSA) is 123 Å². The summed E-state index contributed by atoms with van der Waals surface area (Å²) < 4.78 is 4.96. The SMILES string of the molecule is COc1ccc(/C=N/NC(=O)/C(=C\c2cccs2)NC(=O)c2ccccc2)cc1[N+](=O)[O-]. The lowest BCUT2D eigenvalue weighted by molar-refractivity contribution is -0.385. The molecule has 0 radical (unpaired) electrons. The summed E-state index contributed by atoms with van der Waals surface area (Å²) in [7, 11) is 1.33. The molecule has 2 aromatic carbocycles. The van der Waals surface area contributed by atoms with Crippen LogP contribution in [0.3, 0.4) is 0 Å². The quantitative estimate of drug-likeness (QED) is 0.235. The minimum Gasteiger partial charge on any atom is -0.490 e. The Kier molecular flexibility index (Phi) is 7.44. The molecule has 0 aliphatic rings. The number of rotatable bonds is 8. The predicted octanol–water partition coefficient (Wildman–Crippen LogP) is 3.59. The van der Waals surface area contributed by atoms with E-state index in [1.807, 2.05) is 11.4 Å². The molecule has 0 unspecified atom stereocenters. The van der Waals surface area contributed by atoms with Crippen LogP contribution in [-0.4, -0.2) is 30.1 Å². The van der Waals surface area contributed by atoms with Crippen LogP contribution in [0, 0.1) is 10.1 Å². The van der Waals surface area contributed by atoms with Crippen LogP contribution >= 0.6 is 11.3 Å². The minimum atomic E-state index is -0.651. The van der Waals surface area contributed by atoms with Crippen LogP contribution in [0.2, 0.25) is 0 Å². The first-order chi connectivity index (χ1) is 15.5. The number of nitrogens with one attached hydrogen (secondary N) is 2. The highest BCUT2D eigenvalue weighted by atomic mass is 32.1. The van der Waals surface area contributed by atoms with Gasteiger partial charge in [0.05, 0.1) is 18.2 Å². The Labute approximate surface area is 187 Å². The lowest BCUT2D eigenvalue weighted by atomic mass is 10.2.